The molecule has 0 aliphatic heterocycles. The first-order valence-electron chi connectivity index (χ1n) is 8.39. The number of hydrogen-bond donors (Lipinski definition) is 0. The van der Waals surface area contributed by atoms with Gasteiger partial charge in [0.2, 0.25) is 0 Å². The van der Waals surface area contributed by atoms with Crippen molar-refractivity contribution in [2.45, 2.75) is 71.8 Å². The smallest absolute Gasteiger partial charge is 0.137 e. The fraction of sp³-hybridized carbons (Fsp3) is 0.765. The third-order valence-electron chi connectivity index (χ3n) is 4.35. The van der Waals surface area contributed by atoms with Crippen LogP contribution in [0.5, 0.6) is 0 Å². The van der Waals surface area contributed by atoms with E-state index in [4.69, 9.17) is 11.6 Å². The van der Waals surface area contributed by atoms with E-state index in [0.717, 1.165) is 30.8 Å². The van der Waals surface area contributed by atoms with Crippen LogP contribution in [0.2, 0.25) is 5.15 Å². The fourth-order valence-corrected chi connectivity index (χ4v) is 3.39. The van der Waals surface area contributed by atoms with Gasteiger partial charge in [0.05, 0.1) is 0 Å². The molecule has 4 heteroatoms. The second-order valence-corrected chi connectivity index (χ2v) is 6.89. The Morgan fingerprint density at radius 1 is 1.29 bits per heavy atom. The Morgan fingerprint density at radius 3 is 2.62 bits per heavy atom. The van der Waals surface area contributed by atoms with Crippen LogP contribution in [-0.2, 0) is 6.42 Å². The van der Waals surface area contributed by atoms with Crippen LogP contribution in [0.3, 0.4) is 0 Å². The molecule has 3 nitrogen and oxygen atoms in total. The summed E-state index contributed by atoms with van der Waals surface area (Å²) >= 11 is 6.34. The van der Waals surface area contributed by atoms with Gasteiger partial charge in [0, 0.05) is 18.2 Å². The summed E-state index contributed by atoms with van der Waals surface area (Å²) in [7, 11) is 0. The number of halogens is 1. The molecule has 1 fully saturated rings. The normalized spacial score (nSPS) is 15.9. The van der Waals surface area contributed by atoms with Crippen LogP contribution >= 0.6 is 11.6 Å². The van der Waals surface area contributed by atoms with Crippen LogP contribution in [-0.4, -0.2) is 22.6 Å². The van der Waals surface area contributed by atoms with Crippen LogP contribution in [0.4, 0.5) is 5.82 Å². The van der Waals surface area contributed by atoms with Gasteiger partial charge in [0.25, 0.3) is 0 Å². The number of rotatable bonds is 7. The molecule has 1 aromatic heterocycles. The molecule has 1 aliphatic carbocycles. The van der Waals surface area contributed by atoms with Gasteiger partial charge in [-0.2, -0.15) is 0 Å². The van der Waals surface area contributed by atoms with Crippen molar-refractivity contribution in [3.8, 4) is 0 Å². The average molecular weight is 310 g/mol. The van der Waals surface area contributed by atoms with Crippen molar-refractivity contribution in [2.75, 3.05) is 11.4 Å². The molecule has 0 radical (unpaired) electrons. The van der Waals surface area contributed by atoms with Crippen LogP contribution in [0, 0.1) is 5.92 Å². The third kappa shape index (κ3) is 4.32. The molecule has 0 N–H and O–H groups in total. The first kappa shape index (κ1) is 16.5. The highest BCUT2D eigenvalue weighted by Gasteiger charge is 2.26. The van der Waals surface area contributed by atoms with Gasteiger partial charge < -0.3 is 4.90 Å². The fourth-order valence-electron chi connectivity index (χ4n) is 3.17. The summed E-state index contributed by atoms with van der Waals surface area (Å²) in [6.07, 6.45) is 10.1. The van der Waals surface area contributed by atoms with E-state index in [1.807, 2.05) is 0 Å². The van der Waals surface area contributed by atoms with Gasteiger partial charge in [-0.05, 0) is 31.6 Å². The SMILES string of the molecule is CCCc1c(Cl)ncnc1N(CCC(C)C)C1CCCC1. The predicted octanol–water partition coefficient (Wildman–Crippen LogP) is 4.88. The molecule has 0 atom stereocenters. The van der Waals surface area contributed by atoms with Crippen molar-refractivity contribution in [1.82, 2.24) is 9.97 Å². The van der Waals surface area contributed by atoms with Gasteiger partial charge in [0.1, 0.15) is 17.3 Å². The molecule has 0 spiro atoms. The summed E-state index contributed by atoms with van der Waals surface area (Å²) in [5.74, 6) is 1.80. The molecular weight excluding hydrogens is 282 g/mol. The second kappa shape index (κ2) is 7.98. The lowest BCUT2D eigenvalue weighted by atomic mass is 10.1. The minimum atomic E-state index is 0.630. The molecule has 1 aromatic rings. The molecule has 21 heavy (non-hydrogen) atoms. The Hall–Kier alpha value is -0.830. The summed E-state index contributed by atoms with van der Waals surface area (Å²) in [6.45, 7) is 7.83. The number of nitrogens with zero attached hydrogens (tertiary/aromatic N) is 3. The quantitative estimate of drug-likeness (QED) is 0.672. The number of anilines is 1. The van der Waals surface area contributed by atoms with Gasteiger partial charge in [-0.15, -0.1) is 0 Å². The van der Waals surface area contributed by atoms with Crippen molar-refractivity contribution in [1.29, 1.82) is 0 Å². The maximum absolute atomic E-state index is 6.34. The van der Waals surface area contributed by atoms with Crippen LogP contribution in [0.15, 0.2) is 6.33 Å². The van der Waals surface area contributed by atoms with Crippen LogP contribution in [0.1, 0.15) is 64.9 Å². The van der Waals surface area contributed by atoms with E-state index < -0.39 is 0 Å². The van der Waals surface area contributed by atoms with Gasteiger partial charge in [-0.3, -0.25) is 0 Å². The summed E-state index contributed by atoms with van der Waals surface area (Å²) in [6, 6.07) is 0.630. The Kier molecular flexibility index (Phi) is 6.28. The van der Waals surface area contributed by atoms with E-state index in [1.54, 1.807) is 6.33 Å². The Bertz CT molecular complexity index is 442. The van der Waals surface area contributed by atoms with E-state index in [0.29, 0.717) is 17.1 Å². The molecule has 2 rings (SSSR count). The molecule has 0 saturated heterocycles. The topological polar surface area (TPSA) is 29.0 Å². The minimum absolute atomic E-state index is 0.630. The standard InChI is InChI=1S/C17H28ClN3/c1-4-7-15-16(18)19-12-20-17(15)21(11-10-13(2)3)14-8-5-6-9-14/h12-14H,4-11H2,1-3H3. The van der Waals surface area contributed by atoms with Crippen molar-refractivity contribution >= 4 is 17.4 Å². The van der Waals surface area contributed by atoms with Gasteiger partial charge in [-0.1, -0.05) is 51.6 Å². The highest BCUT2D eigenvalue weighted by molar-refractivity contribution is 6.30. The van der Waals surface area contributed by atoms with Crippen molar-refractivity contribution < 1.29 is 0 Å². The maximum Gasteiger partial charge on any atom is 0.137 e. The number of hydrogen-bond acceptors (Lipinski definition) is 3. The molecular formula is C17H28ClN3. The second-order valence-electron chi connectivity index (χ2n) is 6.53. The summed E-state index contributed by atoms with van der Waals surface area (Å²) in [5.41, 5.74) is 1.14. The van der Waals surface area contributed by atoms with Crippen molar-refractivity contribution in [2.24, 2.45) is 5.92 Å². The molecule has 118 valence electrons. The van der Waals surface area contributed by atoms with E-state index in [2.05, 4.69) is 35.6 Å². The Morgan fingerprint density at radius 2 is 2.00 bits per heavy atom. The highest BCUT2D eigenvalue weighted by atomic mass is 35.5. The van der Waals surface area contributed by atoms with Crippen molar-refractivity contribution in [3.05, 3.63) is 17.0 Å². The van der Waals surface area contributed by atoms with Gasteiger partial charge in [0.15, 0.2) is 0 Å². The molecule has 0 bridgehead atoms. The van der Waals surface area contributed by atoms with Crippen LogP contribution in [0.25, 0.3) is 0 Å². The van der Waals surface area contributed by atoms with Crippen molar-refractivity contribution in [3.63, 3.8) is 0 Å². The molecule has 1 saturated carbocycles. The third-order valence-corrected chi connectivity index (χ3v) is 4.68. The minimum Gasteiger partial charge on any atom is -0.353 e. The summed E-state index contributed by atoms with van der Waals surface area (Å²) < 4.78 is 0. The lowest BCUT2D eigenvalue weighted by Gasteiger charge is -2.32. The highest BCUT2D eigenvalue weighted by Crippen LogP contribution is 2.32. The molecule has 1 heterocycles. The monoisotopic (exact) mass is 309 g/mol. The molecule has 0 aromatic carbocycles. The Labute approximate surface area is 134 Å². The average Bonchev–Trinajstić information content (AvgIpc) is 2.96. The first-order valence-corrected chi connectivity index (χ1v) is 8.77. The van der Waals surface area contributed by atoms with Gasteiger partial charge >= 0.3 is 0 Å². The lowest BCUT2D eigenvalue weighted by Crippen LogP contribution is -2.36. The molecule has 0 unspecified atom stereocenters. The predicted molar refractivity (Wildman–Crippen MR) is 90.1 cm³/mol. The van der Waals surface area contributed by atoms with E-state index in [9.17, 15) is 0 Å². The van der Waals surface area contributed by atoms with E-state index in [1.165, 1.54) is 32.1 Å². The van der Waals surface area contributed by atoms with E-state index >= 15 is 0 Å². The molecule has 1 aliphatic rings. The first-order chi connectivity index (χ1) is 10.1. The zero-order valence-electron chi connectivity index (χ0n) is 13.6. The maximum atomic E-state index is 6.34. The largest absolute Gasteiger partial charge is 0.353 e. The lowest BCUT2D eigenvalue weighted by molar-refractivity contribution is 0.523. The summed E-state index contributed by atoms with van der Waals surface area (Å²) in [4.78, 5) is 11.3. The zero-order chi connectivity index (χ0) is 15.2. The Balaban J connectivity index is 2.28. The number of aromatic nitrogens is 2. The summed E-state index contributed by atoms with van der Waals surface area (Å²) in [5, 5.41) is 0.634. The molecule has 0 amide bonds. The van der Waals surface area contributed by atoms with Gasteiger partial charge in [-0.25, -0.2) is 9.97 Å². The van der Waals surface area contributed by atoms with Crippen LogP contribution < -0.4 is 4.90 Å². The van der Waals surface area contributed by atoms with E-state index in [-0.39, 0.29) is 0 Å². The zero-order valence-corrected chi connectivity index (χ0v) is 14.4.